The second-order valence-electron chi connectivity index (χ2n) is 5.78. The Morgan fingerprint density at radius 3 is 2.50 bits per heavy atom. The van der Waals surface area contributed by atoms with Gasteiger partial charge in [-0.05, 0) is 55.7 Å². The highest BCUT2D eigenvalue weighted by Gasteiger charge is 2.14. The Balaban J connectivity index is 1.77. The molecule has 0 bridgehead atoms. The van der Waals surface area contributed by atoms with Gasteiger partial charge < -0.3 is 0 Å². The summed E-state index contributed by atoms with van der Waals surface area (Å²) in [5.74, 6) is 0.456. The van der Waals surface area contributed by atoms with Crippen molar-refractivity contribution in [2.45, 2.75) is 25.9 Å². The van der Waals surface area contributed by atoms with E-state index in [2.05, 4.69) is 23.2 Å². The number of aromatic nitrogens is 3. The molecule has 1 heterocycles. The van der Waals surface area contributed by atoms with Crippen molar-refractivity contribution in [2.75, 3.05) is 5.75 Å². The lowest BCUT2D eigenvalue weighted by atomic mass is 9.99. The molecule has 3 rings (SSSR count). The summed E-state index contributed by atoms with van der Waals surface area (Å²) in [6.45, 7) is 6.08. The van der Waals surface area contributed by atoms with Gasteiger partial charge in [-0.3, -0.25) is 9.36 Å². The van der Waals surface area contributed by atoms with Crippen molar-refractivity contribution in [1.29, 1.82) is 0 Å². The third-order valence-corrected chi connectivity index (χ3v) is 4.97. The number of nitrogens with zero attached hydrogens (tertiary/aromatic N) is 3. The molecule has 0 aliphatic rings. The Hall–Kier alpha value is -2.40. The molecule has 24 heavy (non-hydrogen) atoms. The first kappa shape index (κ1) is 16.5. The molecule has 0 saturated carbocycles. The monoisotopic (exact) mass is 337 g/mol. The first-order valence-corrected chi connectivity index (χ1v) is 8.74. The average molecular weight is 337 g/mol. The number of hydrogen-bond donors (Lipinski definition) is 0. The lowest BCUT2D eigenvalue weighted by Gasteiger charge is -2.09. The molecular formula is C19H19N3OS. The number of aryl methyl sites for hydroxylation is 3. The number of thioether (sulfide) groups is 1. The molecule has 0 aliphatic carbocycles. The van der Waals surface area contributed by atoms with E-state index in [1.807, 2.05) is 54.8 Å². The number of carbonyl (C=O) groups is 1. The molecule has 0 aliphatic heterocycles. The smallest absolute Gasteiger partial charge is 0.196 e. The van der Waals surface area contributed by atoms with Crippen LogP contribution in [0.5, 0.6) is 0 Å². The highest BCUT2D eigenvalue weighted by atomic mass is 32.2. The van der Waals surface area contributed by atoms with Gasteiger partial charge in [-0.15, -0.1) is 10.2 Å². The number of benzene rings is 2. The molecule has 122 valence electrons. The van der Waals surface area contributed by atoms with Crippen LogP contribution in [0.4, 0.5) is 0 Å². The van der Waals surface area contributed by atoms with Crippen molar-refractivity contribution in [3.05, 3.63) is 71.0 Å². The third-order valence-electron chi connectivity index (χ3n) is 4.02. The van der Waals surface area contributed by atoms with Gasteiger partial charge in [0.05, 0.1) is 5.75 Å². The quantitative estimate of drug-likeness (QED) is 0.518. The molecule has 0 spiro atoms. The van der Waals surface area contributed by atoms with E-state index in [1.165, 1.54) is 17.3 Å². The lowest BCUT2D eigenvalue weighted by molar-refractivity contribution is 0.102. The second-order valence-corrected chi connectivity index (χ2v) is 6.72. The van der Waals surface area contributed by atoms with Crippen LogP contribution in [0.25, 0.3) is 5.69 Å². The summed E-state index contributed by atoms with van der Waals surface area (Å²) in [5.41, 5.74) is 5.14. The molecule has 0 atom stereocenters. The van der Waals surface area contributed by atoms with E-state index in [0.717, 1.165) is 27.5 Å². The van der Waals surface area contributed by atoms with Crippen LogP contribution >= 0.6 is 11.8 Å². The van der Waals surface area contributed by atoms with Gasteiger partial charge in [-0.1, -0.05) is 36.0 Å². The summed E-state index contributed by atoms with van der Waals surface area (Å²) in [6.07, 6.45) is 1.67. The Morgan fingerprint density at radius 2 is 1.75 bits per heavy atom. The van der Waals surface area contributed by atoms with E-state index in [-0.39, 0.29) is 5.78 Å². The van der Waals surface area contributed by atoms with Crippen LogP contribution in [0.3, 0.4) is 0 Å². The van der Waals surface area contributed by atoms with Crippen LogP contribution in [0.15, 0.2) is 53.9 Å². The van der Waals surface area contributed by atoms with Gasteiger partial charge in [0.1, 0.15) is 6.33 Å². The molecule has 1 aromatic heterocycles. The highest BCUT2D eigenvalue weighted by molar-refractivity contribution is 7.99. The first-order valence-electron chi connectivity index (χ1n) is 7.75. The fraction of sp³-hybridized carbons (Fsp3) is 0.211. The van der Waals surface area contributed by atoms with Gasteiger partial charge >= 0.3 is 0 Å². The SMILES string of the molecule is Cc1cc(C)c(C(=O)CSc2nncn2-c2ccccc2)cc1C. The largest absolute Gasteiger partial charge is 0.293 e. The van der Waals surface area contributed by atoms with Crippen molar-refractivity contribution < 1.29 is 4.79 Å². The van der Waals surface area contributed by atoms with E-state index in [0.29, 0.717) is 5.75 Å². The zero-order valence-corrected chi connectivity index (χ0v) is 14.8. The van der Waals surface area contributed by atoms with E-state index in [1.54, 1.807) is 6.33 Å². The van der Waals surface area contributed by atoms with Crippen LogP contribution in [-0.4, -0.2) is 26.3 Å². The van der Waals surface area contributed by atoms with E-state index in [9.17, 15) is 4.79 Å². The molecule has 0 N–H and O–H groups in total. The molecule has 4 nitrogen and oxygen atoms in total. The Labute approximate surface area is 145 Å². The summed E-state index contributed by atoms with van der Waals surface area (Å²) in [5, 5.41) is 8.83. The molecule has 0 unspecified atom stereocenters. The Kier molecular flexibility index (Phi) is 4.81. The topological polar surface area (TPSA) is 47.8 Å². The van der Waals surface area contributed by atoms with Crippen LogP contribution in [0, 0.1) is 20.8 Å². The van der Waals surface area contributed by atoms with Crippen molar-refractivity contribution in [3.63, 3.8) is 0 Å². The van der Waals surface area contributed by atoms with Gasteiger partial charge in [-0.25, -0.2) is 0 Å². The molecular weight excluding hydrogens is 318 g/mol. The van der Waals surface area contributed by atoms with Crippen LogP contribution in [-0.2, 0) is 0 Å². The Morgan fingerprint density at radius 1 is 1.04 bits per heavy atom. The maximum absolute atomic E-state index is 12.6. The fourth-order valence-electron chi connectivity index (χ4n) is 2.56. The first-order chi connectivity index (χ1) is 11.6. The van der Waals surface area contributed by atoms with Crippen LogP contribution in [0.1, 0.15) is 27.0 Å². The summed E-state index contributed by atoms with van der Waals surface area (Å²) in [4.78, 5) is 12.6. The van der Waals surface area contributed by atoms with Crippen LogP contribution in [0.2, 0.25) is 0 Å². The lowest BCUT2D eigenvalue weighted by Crippen LogP contribution is -2.07. The van der Waals surface area contributed by atoms with Crippen molar-refractivity contribution in [3.8, 4) is 5.69 Å². The predicted molar refractivity (Wildman–Crippen MR) is 97.1 cm³/mol. The minimum absolute atomic E-state index is 0.114. The number of ketones is 1. The molecule has 3 aromatic rings. The van der Waals surface area contributed by atoms with Gasteiger partial charge in [0.2, 0.25) is 0 Å². The molecule has 0 fully saturated rings. The fourth-order valence-corrected chi connectivity index (χ4v) is 3.37. The average Bonchev–Trinajstić information content (AvgIpc) is 3.05. The normalized spacial score (nSPS) is 10.8. The molecule has 0 radical (unpaired) electrons. The van der Waals surface area contributed by atoms with E-state index >= 15 is 0 Å². The predicted octanol–water partition coefficient (Wildman–Crippen LogP) is 4.17. The van der Waals surface area contributed by atoms with Gasteiger partial charge in [0.25, 0.3) is 0 Å². The maximum atomic E-state index is 12.6. The summed E-state index contributed by atoms with van der Waals surface area (Å²) in [7, 11) is 0. The standard InChI is InChI=1S/C19H19N3OS/c1-13-9-15(3)17(10-14(13)2)18(23)11-24-19-21-20-12-22(19)16-7-5-4-6-8-16/h4-10,12H,11H2,1-3H3. The number of carbonyl (C=O) groups excluding carboxylic acids is 1. The zero-order chi connectivity index (χ0) is 17.1. The number of para-hydroxylation sites is 1. The molecule has 5 heteroatoms. The van der Waals surface area contributed by atoms with Crippen molar-refractivity contribution >= 4 is 17.5 Å². The van der Waals surface area contributed by atoms with Crippen LogP contribution < -0.4 is 0 Å². The minimum atomic E-state index is 0.114. The Bertz CT molecular complexity index is 872. The number of rotatable bonds is 5. The van der Waals surface area contributed by atoms with E-state index in [4.69, 9.17) is 0 Å². The number of Topliss-reactive ketones (excluding diaryl/α,β-unsaturated/α-hetero) is 1. The van der Waals surface area contributed by atoms with Crippen molar-refractivity contribution in [2.24, 2.45) is 0 Å². The highest BCUT2D eigenvalue weighted by Crippen LogP contribution is 2.22. The summed E-state index contributed by atoms with van der Waals surface area (Å²) < 4.78 is 1.89. The molecule has 0 amide bonds. The van der Waals surface area contributed by atoms with Gasteiger partial charge in [0.15, 0.2) is 10.9 Å². The third kappa shape index (κ3) is 3.41. The second kappa shape index (κ2) is 7.01. The maximum Gasteiger partial charge on any atom is 0.196 e. The molecule has 2 aromatic carbocycles. The van der Waals surface area contributed by atoms with Gasteiger partial charge in [0, 0.05) is 11.3 Å². The van der Waals surface area contributed by atoms with E-state index < -0.39 is 0 Å². The minimum Gasteiger partial charge on any atom is -0.293 e. The summed E-state index contributed by atoms with van der Waals surface area (Å²) >= 11 is 1.41. The molecule has 0 saturated heterocycles. The number of hydrogen-bond acceptors (Lipinski definition) is 4. The summed E-state index contributed by atoms with van der Waals surface area (Å²) in [6, 6.07) is 13.9. The van der Waals surface area contributed by atoms with Crippen molar-refractivity contribution in [1.82, 2.24) is 14.8 Å². The van der Waals surface area contributed by atoms with Gasteiger partial charge in [-0.2, -0.15) is 0 Å². The zero-order valence-electron chi connectivity index (χ0n) is 14.0.